The van der Waals surface area contributed by atoms with Crippen LogP contribution >= 0.6 is 0 Å². The first-order valence-electron chi connectivity index (χ1n) is 7.45. The van der Waals surface area contributed by atoms with Gasteiger partial charge in [0.05, 0.1) is 13.2 Å². The zero-order valence-corrected chi connectivity index (χ0v) is 13.6. The number of hydrogen-bond acceptors (Lipinski definition) is 6. The molecule has 0 spiro atoms. The zero-order valence-electron chi connectivity index (χ0n) is 13.6. The van der Waals surface area contributed by atoms with Crippen LogP contribution in [0.25, 0.3) is 11.2 Å². The Kier molecular flexibility index (Phi) is 4.24. The smallest absolute Gasteiger partial charge is 0.329 e. The third-order valence-corrected chi connectivity index (χ3v) is 3.93. The molecule has 25 heavy (non-hydrogen) atoms. The number of aliphatic hydroxyl groups is 1. The van der Waals surface area contributed by atoms with E-state index in [1.54, 1.807) is 24.3 Å². The van der Waals surface area contributed by atoms with Crippen LogP contribution in [0, 0.1) is 0 Å². The maximum atomic E-state index is 12.2. The predicted molar refractivity (Wildman–Crippen MR) is 89.9 cm³/mol. The summed E-state index contributed by atoms with van der Waals surface area (Å²) in [5, 5.41) is 10.3. The topological polar surface area (TPSA) is 130 Å². The molecule has 0 unspecified atom stereocenters. The number of aromatic amines is 2. The van der Waals surface area contributed by atoms with E-state index in [2.05, 4.69) is 15.0 Å². The molecule has 0 fully saturated rings. The summed E-state index contributed by atoms with van der Waals surface area (Å²) >= 11 is 0. The number of H-pyrrole nitrogens is 2. The van der Waals surface area contributed by atoms with Crippen molar-refractivity contribution in [3.8, 4) is 5.75 Å². The number of nitrogens with zero attached hydrogens (tertiary/aromatic N) is 2. The van der Waals surface area contributed by atoms with E-state index in [-0.39, 0.29) is 23.3 Å². The Bertz CT molecular complexity index is 1090. The van der Waals surface area contributed by atoms with Crippen LogP contribution in [0.1, 0.15) is 17.4 Å². The van der Waals surface area contributed by atoms with Crippen LogP contribution in [0.15, 0.2) is 38.6 Å². The van der Waals surface area contributed by atoms with Gasteiger partial charge in [0.15, 0.2) is 5.52 Å². The van der Waals surface area contributed by atoms with E-state index in [1.807, 2.05) is 0 Å². The number of methoxy groups -OCH3 is 1. The Balaban J connectivity index is 2.01. The number of fused-ring (bicyclic) bond motifs is 1. The van der Waals surface area contributed by atoms with Crippen LogP contribution in [0.4, 0.5) is 0 Å². The zero-order chi connectivity index (χ0) is 18.1. The van der Waals surface area contributed by atoms with Crippen LogP contribution in [0.5, 0.6) is 5.75 Å². The first kappa shape index (κ1) is 16.7. The normalized spacial score (nSPS) is 12.3. The molecule has 1 atom stereocenters. The van der Waals surface area contributed by atoms with Crippen molar-refractivity contribution in [2.45, 2.75) is 12.5 Å². The minimum absolute atomic E-state index is 0.0000305. The van der Waals surface area contributed by atoms with Crippen molar-refractivity contribution in [3.63, 3.8) is 0 Å². The van der Waals surface area contributed by atoms with Crippen LogP contribution in [-0.4, -0.2) is 31.7 Å². The molecule has 9 heteroatoms. The summed E-state index contributed by atoms with van der Waals surface area (Å²) in [5.41, 5.74) is -1.38. The van der Waals surface area contributed by atoms with E-state index in [0.717, 1.165) is 4.57 Å². The summed E-state index contributed by atoms with van der Waals surface area (Å²) in [4.78, 5) is 44.3. The van der Waals surface area contributed by atoms with Gasteiger partial charge in [-0.15, -0.1) is 0 Å². The Hall–Kier alpha value is -3.20. The minimum Gasteiger partial charge on any atom is -0.497 e. The molecule has 0 amide bonds. The Morgan fingerprint density at radius 3 is 2.48 bits per heavy atom. The van der Waals surface area contributed by atoms with Crippen LogP contribution < -0.4 is 21.5 Å². The molecule has 0 saturated heterocycles. The van der Waals surface area contributed by atoms with Gasteiger partial charge in [-0.2, -0.15) is 0 Å². The second-order valence-electron chi connectivity index (χ2n) is 5.52. The number of aryl methyl sites for hydroxylation is 1. The van der Waals surface area contributed by atoms with E-state index in [0.29, 0.717) is 11.3 Å². The lowest BCUT2D eigenvalue weighted by molar-refractivity contribution is 0.176. The number of rotatable bonds is 4. The van der Waals surface area contributed by atoms with Gasteiger partial charge >= 0.3 is 5.69 Å². The Morgan fingerprint density at radius 1 is 1.16 bits per heavy atom. The third kappa shape index (κ3) is 3.09. The first-order valence-corrected chi connectivity index (χ1v) is 7.45. The summed E-state index contributed by atoms with van der Waals surface area (Å²) in [6.07, 6.45) is -1.07. The molecule has 3 aromatic rings. The fourth-order valence-electron chi connectivity index (χ4n) is 2.49. The number of aliphatic hydroxyl groups excluding tert-OH is 1. The molecular weight excluding hydrogens is 328 g/mol. The molecule has 0 aliphatic rings. The van der Waals surface area contributed by atoms with Gasteiger partial charge in [-0.25, -0.2) is 9.78 Å². The summed E-state index contributed by atoms with van der Waals surface area (Å²) in [6, 6.07) is 6.73. The molecular formula is C16H16N4O5. The lowest BCUT2D eigenvalue weighted by Crippen LogP contribution is -2.32. The molecule has 2 heterocycles. The van der Waals surface area contributed by atoms with Crippen LogP contribution in [-0.2, 0) is 13.5 Å². The quantitative estimate of drug-likeness (QED) is 0.590. The monoisotopic (exact) mass is 344 g/mol. The Morgan fingerprint density at radius 2 is 1.84 bits per heavy atom. The average Bonchev–Trinajstić information content (AvgIpc) is 2.61. The Labute approximate surface area is 140 Å². The van der Waals surface area contributed by atoms with Crippen LogP contribution in [0.3, 0.4) is 0 Å². The van der Waals surface area contributed by atoms with Crippen molar-refractivity contribution in [1.82, 2.24) is 19.5 Å². The molecule has 0 radical (unpaired) electrons. The first-order chi connectivity index (χ1) is 11.9. The molecule has 130 valence electrons. The summed E-state index contributed by atoms with van der Waals surface area (Å²) in [5.74, 6) is 0.644. The highest BCUT2D eigenvalue weighted by molar-refractivity contribution is 5.68. The molecule has 0 saturated carbocycles. The fourth-order valence-corrected chi connectivity index (χ4v) is 2.49. The number of benzene rings is 1. The molecule has 3 rings (SSSR count). The largest absolute Gasteiger partial charge is 0.497 e. The number of hydrogen-bond donors (Lipinski definition) is 3. The third-order valence-electron chi connectivity index (χ3n) is 3.93. The summed E-state index contributed by atoms with van der Waals surface area (Å²) in [7, 11) is 2.94. The molecule has 3 N–H and O–H groups in total. The van der Waals surface area contributed by atoms with E-state index < -0.39 is 22.9 Å². The summed E-state index contributed by atoms with van der Waals surface area (Å²) in [6.45, 7) is 0. The molecule has 9 nitrogen and oxygen atoms in total. The van der Waals surface area contributed by atoms with Crippen molar-refractivity contribution in [2.75, 3.05) is 7.11 Å². The maximum Gasteiger partial charge on any atom is 0.329 e. The average molecular weight is 344 g/mol. The number of ether oxygens (including phenoxy) is 1. The number of aromatic nitrogens is 4. The van der Waals surface area contributed by atoms with Gasteiger partial charge in [0, 0.05) is 13.5 Å². The van der Waals surface area contributed by atoms with Gasteiger partial charge in [0.25, 0.3) is 11.1 Å². The highest BCUT2D eigenvalue weighted by Gasteiger charge is 2.16. The lowest BCUT2D eigenvalue weighted by atomic mass is 10.0. The fraction of sp³-hybridized carbons (Fsp3) is 0.250. The molecule has 2 aromatic heterocycles. The summed E-state index contributed by atoms with van der Waals surface area (Å²) < 4.78 is 6.15. The molecule has 0 bridgehead atoms. The van der Waals surface area contributed by atoms with E-state index in [9.17, 15) is 19.5 Å². The van der Waals surface area contributed by atoms with Crippen molar-refractivity contribution < 1.29 is 9.84 Å². The second-order valence-corrected chi connectivity index (χ2v) is 5.52. The van der Waals surface area contributed by atoms with Gasteiger partial charge in [0.2, 0.25) is 0 Å². The van der Waals surface area contributed by atoms with Gasteiger partial charge in [-0.3, -0.25) is 19.1 Å². The second kappa shape index (κ2) is 6.36. The standard InChI is InChI=1S/C16H16N4O5/c1-20-13-12(15(23)19-16(20)24)17-10(14(22)18-13)7-11(21)8-3-5-9(25-2)6-4-8/h3-6,11,21H,7H2,1-2H3,(H,18,22)(H,19,23,24)/t11-/m0/s1. The van der Waals surface area contributed by atoms with E-state index in [4.69, 9.17) is 4.74 Å². The molecule has 0 aliphatic carbocycles. The molecule has 0 aliphatic heterocycles. The van der Waals surface area contributed by atoms with E-state index in [1.165, 1.54) is 14.2 Å². The highest BCUT2D eigenvalue weighted by atomic mass is 16.5. The van der Waals surface area contributed by atoms with E-state index >= 15 is 0 Å². The predicted octanol–water partition coefficient (Wildman–Crippen LogP) is -0.405. The van der Waals surface area contributed by atoms with Gasteiger partial charge in [-0.1, -0.05) is 12.1 Å². The van der Waals surface area contributed by atoms with Crippen molar-refractivity contribution in [1.29, 1.82) is 0 Å². The van der Waals surface area contributed by atoms with Crippen molar-refractivity contribution in [3.05, 3.63) is 66.7 Å². The van der Waals surface area contributed by atoms with Crippen molar-refractivity contribution in [2.24, 2.45) is 7.05 Å². The minimum atomic E-state index is -0.983. The SMILES string of the molecule is COc1ccc([C@@H](O)Cc2nc3c(=O)[nH]c(=O)n(C)c3[nH]c2=O)cc1. The lowest BCUT2D eigenvalue weighted by Gasteiger charge is -2.11. The van der Waals surface area contributed by atoms with Gasteiger partial charge in [0.1, 0.15) is 17.1 Å². The maximum absolute atomic E-state index is 12.2. The molecule has 1 aromatic carbocycles. The van der Waals surface area contributed by atoms with Crippen molar-refractivity contribution >= 4 is 11.2 Å². The van der Waals surface area contributed by atoms with Gasteiger partial charge in [-0.05, 0) is 17.7 Å². The van der Waals surface area contributed by atoms with Gasteiger partial charge < -0.3 is 14.8 Å². The number of nitrogens with one attached hydrogen (secondary N) is 2. The van der Waals surface area contributed by atoms with Crippen LogP contribution in [0.2, 0.25) is 0 Å². The highest BCUT2D eigenvalue weighted by Crippen LogP contribution is 2.19.